The number of carbonyl (C=O) groups excluding carboxylic acids is 2. The van der Waals surface area contributed by atoms with Gasteiger partial charge in [-0.3, -0.25) is 14.5 Å². The second-order valence-electron chi connectivity index (χ2n) is 12.5. The van der Waals surface area contributed by atoms with Crippen LogP contribution in [0.1, 0.15) is 40.9 Å². The Morgan fingerprint density at radius 2 is 1.80 bits per heavy atom. The fourth-order valence-electron chi connectivity index (χ4n) is 6.96. The first-order valence-corrected chi connectivity index (χ1v) is 18.4. The van der Waals surface area contributed by atoms with Gasteiger partial charge in [0.1, 0.15) is 11.9 Å². The zero-order valence-corrected chi connectivity index (χ0v) is 27.1. The molecule has 2 aliphatic heterocycles. The number of aliphatic hydroxyl groups is 1. The van der Waals surface area contributed by atoms with Gasteiger partial charge in [-0.25, -0.2) is 0 Å². The first-order valence-electron chi connectivity index (χ1n) is 15.4. The average molecular weight is 627 g/mol. The first kappa shape index (κ1) is 31.0. The van der Waals surface area contributed by atoms with Gasteiger partial charge in [-0.15, -0.1) is 0 Å². The molecule has 0 fully saturated rings. The molecular weight excluding hydrogens is 587 g/mol. The van der Waals surface area contributed by atoms with Crippen LogP contribution in [0.15, 0.2) is 84.9 Å². The van der Waals surface area contributed by atoms with E-state index in [0.29, 0.717) is 23.5 Å². The molecule has 234 valence electrons. The summed E-state index contributed by atoms with van der Waals surface area (Å²) in [5, 5.41) is 11.6. The summed E-state index contributed by atoms with van der Waals surface area (Å²) in [4.78, 5) is 30.6. The molecule has 2 aliphatic rings. The van der Waals surface area contributed by atoms with Gasteiger partial charge in [0, 0.05) is 54.7 Å². The zero-order valence-electron chi connectivity index (χ0n) is 26.1. The Morgan fingerprint density at radius 3 is 2.49 bits per heavy atom. The van der Waals surface area contributed by atoms with E-state index in [1.807, 2.05) is 91.9 Å². The molecule has 6 rings (SSSR count). The maximum atomic E-state index is 16.2. The van der Waals surface area contributed by atoms with Crippen molar-refractivity contribution in [2.45, 2.75) is 50.7 Å². The van der Waals surface area contributed by atoms with Crippen molar-refractivity contribution in [1.29, 1.82) is 0 Å². The highest BCUT2D eigenvalue weighted by atomic mass is 28.4. The normalized spacial score (nSPS) is 19.7. The molecule has 0 spiro atoms. The van der Waals surface area contributed by atoms with Gasteiger partial charge in [0.2, 0.25) is 14.3 Å². The Hall–Kier alpha value is -4.05. The lowest BCUT2D eigenvalue weighted by molar-refractivity contribution is -0.133. The summed E-state index contributed by atoms with van der Waals surface area (Å²) in [6, 6.07) is 26.8. The van der Waals surface area contributed by atoms with Crippen LogP contribution in [0.2, 0.25) is 18.6 Å². The maximum absolute atomic E-state index is 16.2. The van der Waals surface area contributed by atoms with Crippen LogP contribution in [0.5, 0.6) is 5.75 Å². The van der Waals surface area contributed by atoms with Crippen molar-refractivity contribution in [2.75, 3.05) is 25.2 Å². The van der Waals surface area contributed by atoms with Crippen molar-refractivity contribution >= 4 is 42.4 Å². The van der Waals surface area contributed by atoms with Crippen LogP contribution in [0, 0.1) is 5.92 Å². The van der Waals surface area contributed by atoms with E-state index in [4.69, 9.17) is 9.47 Å². The average Bonchev–Trinajstić information content (AvgIpc) is 3.32. The number of halogens is 1. The summed E-state index contributed by atoms with van der Waals surface area (Å²) >= 11 is 0. The number of fused-ring (bicyclic) bond motifs is 1. The fraction of sp³-hybridized carbons (Fsp3) is 0.333. The van der Waals surface area contributed by atoms with E-state index in [9.17, 15) is 14.7 Å². The van der Waals surface area contributed by atoms with Crippen LogP contribution in [-0.2, 0) is 16.1 Å². The number of rotatable bonds is 10. The summed E-state index contributed by atoms with van der Waals surface area (Å²) in [5.74, 6) is -0.0370. The predicted octanol–water partition coefficient (Wildman–Crippen LogP) is 7.17. The van der Waals surface area contributed by atoms with Gasteiger partial charge >= 0.3 is 0 Å². The lowest BCUT2D eigenvalue weighted by Crippen LogP contribution is -2.48. The number of aliphatic hydroxyl groups excluding tert-OH is 1. The summed E-state index contributed by atoms with van der Waals surface area (Å²) in [5.41, 5.74) is 3.26. The number of benzene rings is 4. The minimum absolute atomic E-state index is 0.0358. The lowest BCUT2D eigenvalue weighted by atomic mass is 9.86. The highest BCUT2D eigenvalue weighted by Crippen LogP contribution is 2.50. The minimum Gasteiger partial charge on any atom is -0.490 e. The molecule has 0 aromatic heterocycles. The third-order valence-corrected chi connectivity index (χ3v) is 11.5. The standard InChI is InChI=1S/C36H39FN2O5Si/c1-23-34(43-2)28-20-26(39-29-15-9-13-25-12-8-14-27(33(25)29)36(39)42)16-17-30(28)44-35(23)31(45(3,4)37)21-32(41)38(18-19-40)22-24-10-6-5-7-11-24/h5-17,20,23,31,34-35,40H,18-19,21-22H2,1-4H3/t23-,31?,34-,35-/m1/s1. The van der Waals surface area contributed by atoms with Crippen molar-refractivity contribution in [1.82, 2.24) is 4.90 Å². The Labute approximate surface area is 264 Å². The molecule has 1 unspecified atom stereocenters. The van der Waals surface area contributed by atoms with E-state index >= 15 is 4.11 Å². The molecule has 0 saturated heterocycles. The van der Waals surface area contributed by atoms with Gasteiger partial charge in [0.05, 0.1) is 24.0 Å². The topological polar surface area (TPSA) is 79.3 Å². The molecule has 45 heavy (non-hydrogen) atoms. The number of hydrogen-bond acceptors (Lipinski definition) is 5. The van der Waals surface area contributed by atoms with Crippen LogP contribution in [-0.4, -0.2) is 56.6 Å². The Kier molecular flexibility index (Phi) is 8.52. The van der Waals surface area contributed by atoms with E-state index in [2.05, 4.69) is 0 Å². The summed E-state index contributed by atoms with van der Waals surface area (Å²) in [7, 11) is -1.83. The monoisotopic (exact) mass is 626 g/mol. The quantitative estimate of drug-likeness (QED) is 0.149. The highest BCUT2D eigenvalue weighted by Gasteiger charge is 2.49. The van der Waals surface area contributed by atoms with E-state index in [1.165, 1.54) is 0 Å². The third kappa shape index (κ3) is 5.76. The molecule has 9 heteroatoms. The molecule has 4 aromatic carbocycles. The number of methoxy groups -OCH3 is 1. The number of hydrogen-bond donors (Lipinski definition) is 1. The first-order chi connectivity index (χ1) is 21.6. The summed E-state index contributed by atoms with van der Waals surface area (Å²) < 4.78 is 28.8. The number of amides is 2. The molecule has 4 aromatic rings. The van der Waals surface area contributed by atoms with Crippen molar-refractivity contribution < 1.29 is 28.3 Å². The smallest absolute Gasteiger partial charge is 0.263 e. The second-order valence-corrected chi connectivity index (χ2v) is 16.4. The van der Waals surface area contributed by atoms with E-state index < -0.39 is 26.2 Å². The van der Waals surface area contributed by atoms with Crippen LogP contribution in [0.4, 0.5) is 15.5 Å². The largest absolute Gasteiger partial charge is 0.490 e. The molecule has 7 nitrogen and oxygen atoms in total. The molecule has 4 atom stereocenters. The van der Waals surface area contributed by atoms with Crippen LogP contribution < -0.4 is 9.64 Å². The van der Waals surface area contributed by atoms with Crippen molar-refractivity contribution in [2.24, 2.45) is 5.92 Å². The van der Waals surface area contributed by atoms with Gasteiger partial charge in [-0.1, -0.05) is 61.5 Å². The van der Waals surface area contributed by atoms with E-state index in [1.54, 1.807) is 30.0 Å². The molecular formula is C36H39FN2O5Si. The van der Waals surface area contributed by atoms with Gasteiger partial charge in [-0.05, 0) is 54.4 Å². The summed E-state index contributed by atoms with van der Waals surface area (Å²) in [6.45, 7) is 5.52. The molecule has 0 radical (unpaired) electrons. The highest BCUT2D eigenvalue weighted by molar-refractivity contribution is 6.72. The molecule has 0 saturated carbocycles. The minimum atomic E-state index is -3.45. The predicted molar refractivity (Wildman–Crippen MR) is 176 cm³/mol. The molecule has 2 heterocycles. The van der Waals surface area contributed by atoms with Crippen molar-refractivity contribution in [3.8, 4) is 5.75 Å². The Balaban J connectivity index is 1.30. The Morgan fingerprint density at radius 1 is 1.07 bits per heavy atom. The molecule has 1 N–H and O–H groups in total. The molecule has 2 amide bonds. The second kappa shape index (κ2) is 12.4. The van der Waals surface area contributed by atoms with E-state index in [0.717, 1.165) is 27.6 Å². The van der Waals surface area contributed by atoms with Crippen molar-refractivity contribution in [3.05, 3.63) is 102 Å². The van der Waals surface area contributed by atoms with Gasteiger partial charge in [0.25, 0.3) is 5.91 Å². The fourth-order valence-corrected chi connectivity index (χ4v) is 8.77. The zero-order chi connectivity index (χ0) is 31.9. The van der Waals surface area contributed by atoms with Gasteiger partial charge in [0.15, 0.2) is 0 Å². The number of ether oxygens (including phenoxy) is 2. The SMILES string of the molecule is CO[C@H]1c2cc(N3C(=O)c4cccc5cccc3c45)ccc2O[C@@H](C(CC(=O)N(CCO)Cc2ccccc2)[Si](C)(C)F)[C@@H]1C. The van der Waals surface area contributed by atoms with Crippen LogP contribution in [0.25, 0.3) is 10.8 Å². The molecule has 0 bridgehead atoms. The Bertz CT molecular complexity index is 1720. The van der Waals surface area contributed by atoms with Crippen molar-refractivity contribution in [3.63, 3.8) is 0 Å². The maximum Gasteiger partial charge on any atom is 0.263 e. The van der Waals surface area contributed by atoms with Gasteiger partial charge in [-0.2, -0.15) is 0 Å². The van der Waals surface area contributed by atoms with Crippen LogP contribution >= 0.6 is 0 Å². The van der Waals surface area contributed by atoms with Crippen LogP contribution in [0.3, 0.4) is 0 Å². The molecule has 0 aliphatic carbocycles. The lowest BCUT2D eigenvalue weighted by Gasteiger charge is -2.43. The van der Waals surface area contributed by atoms with E-state index in [-0.39, 0.29) is 37.3 Å². The number of carbonyl (C=O) groups is 2. The number of anilines is 2. The summed E-state index contributed by atoms with van der Waals surface area (Å²) in [6.07, 6.45) is -1.09. The third-order valence-electron chi connectivity index (χ3n) is 9.24. The van der Waals surface area contributed by atoms with Gasteiger partial charge < -0.3 is 23.6 Å². The number of nitrogens with zero attached hydrogens (tertiary/aromatic N) is 2.